The number of hydrogen-bond acceptors (Lipinski definition) is 4. The first kappa shape index (κ1) is 16.1. The Morgan fingerprint density at radius 3 is 2.65 bits per heavy atom. The van der Waals surface area contributed by atoms with E-state index in [0.29, 0.717) is 26.1 Å². The van der Waals surface area contributed by atoms with E-state index in [1.54, 1.807) is 0 Å². The van der Waals surface area contributed by atoms with Crippen molar-refractivity contribution in [3.63, 3.8) is 0 Å². The lowest BCUT2D eigenvalue weighted by atomic mass is 9.87. The molecule has 0 saturated heterocycles. The van der Waals surface area contributed by atoms with E-state index in [0.717, 1.165) is 42.7 Å². The quantitative estimate of drug-likeness (QED) is 0.874. The number of nitrogens with two attached hydrogens (primary N) is 1. The first-order valence-electron chi connectivity index (χ1n) is 8.56. The molecule has 1 atom stereocenters. The van der Waals surface area contributed by atoms with Gasteiger partial charge < -0.3 is 20.5 Å². The van der Waals surface area contributed by atoms with Gasteiger partial charge in [-0.15, -0.1) is 0 Å². The summed E-state index contributed by atoms with van der Waals surface area (Å²) >= 11 is 0. The Bertz CT molecular complexity index is 565. The van der Waals surface area contributed by atoms with Crippen LogP contribution in [0.15, 0.2) is 18.2 Å². The number of ether oxygens (including phenoxy) is 2. The molecule has 3 rings (SSSR count). The number of rotatable bonds is 5. The van der Waals surface area contributed by atoms with Crippen LogP contribution in [0.3, 0.4) is 0 Å². The van der Waals surface area contributed by atoms with Crippen LogP contribution in [0.5, 0.6) is 11.5 Å². The van der Waals surface area contributed by atoms with Gasteiger partial charge in [-0.05, 0) is 43.9 Å². The fourth-order valence-corrected chi connectivity index (χ4v) is 3.49. The summed E-state index contributed by atoms with van der Waals surface area (Å²) in [6.45, 7) is 3.09. The van der Waals surface area contributed by atoms with Gasteiger partial charge >= 0.3 is 0 Å². The number of carbonyl (C=O) groups excluding carboxylic acids is 1. The van der Waals surface area contributed by atoms with E-state index in [-0.39, 0.29) is 17.5 Å². The van der Waals surface area contributed by atoms with Crippen molar-refractivity contribution < 1.29 is 14.3 Å². The molecule has 1 heterocycles. The molecule has 0 aromatic heterocycles. The zero-order valence-corrected chi connectivity index (χ0v) is 13.8. The summed E-state index contributed by atoms with van der Waals surface area (Å²) < 4.78 is 11.3. The van der Waals surface area contributed by atoms with Crippen LogP contribution in [0.2, 0.25) is 0 Å². The zero-order chi connectivity index (χ0) is 16.3. The van der Waals surface area contributed by atoms with Crippen molar-refractivity contribution in [3.05, 3.63) is 23.8 Å². The Hall–Kier alpha value is -1.75. The van der Waals surface area contributed by atoms with Crippen molar-refractivity contribution in [2.75, 3.05) is 13.2 Å². The van der Waals surface area contributed by atoms with E-state index in [4.69, 9.17) is 15.2 Å². The number of benzene rings is 1. The second kappa shape index (κ2) is 6.79. The van der Waals surface area contributed by atoms with E-state index < -0.39 is 0 Å². The average molecular weight is 318 g/mol. The van der Waals surface area contributed by atoms with Crippen molar-refractivity contribution in [1.29, 1.82) is 0 Å². The summed E-state index contributed by atoms with van der Waals surface area (Å²) in [5, 5.41) is 3.28. The topological polar surface area (TPSA) is 73.6 Å². The predicted octanol–water partition coefficient (Wildman–Crippen LogP) is 2.47. The van der Waals surface area contributed by atoms with E-state index in [2.05, 4.69) is 11.4 Å². The van der Waals surface area contributed by atoms with Crippen LogP contribution in [0, 0.1) is 0 Å². The van der Waals surface area contributed by atoms with Gasteiger partial charge in [0.05, 0.1) is 5.54 Å². The van der Waals surface area contributed by atoms with Gasteiger partial charge in [-0.3, -0.25) is 4.79 Å². The molecule has 1 aliphatic carbocycles. The molecular formula is C18H26N2O3. The van der Waals surface area contributed by atoms with Crippen molar-refractivity contribution in [2.45, 2.75) is 57.0 Å². The zero-order valence-electron chi connectivity index (χ0n) is 13.8. The third-order valence-corrected chi connectivity index (χ3v) is 4.76. The Morgan fingerprint density at radius 2 is 1.96 bits per heavy atom. The van der Waals surface area contributed by atoms with Crippen LogP contribution in [0.25, 0.3) is 0 Å². The Morgan fingerprint density at radius 1 is 1.26 bits per heavy atom. The molecule has 23 heavy (non-hydrogen) atoms. The second-order valence-electron chi connectivity index (χ2n) is 6.71. The lowest BCUT2D eigenvalue weighted by molar-refractivity contribution is -0.123. The summed E-state index contributed by atoms with van der Waals surface area (Å²) in [6.07, 6.45) is 5.38. The molecule has 1 aromatic rings. The number of hydrogen-bond donors (Lipinski definition) is 2. The van der Waals surface area contributed by atoms with Gasteiger partial charge in [0.1, 0.15) is 13.2 Å². The normalized spacial score (nSPS) is 20.1. The maximum absolute atomic E-state index is 12.3. The van der Waals surface area contributed by atoms with Gasteiger partial charge in [-0.25, -0.2) is 0 Å². The first-order valence-corrected chi connectivity index (χ1v) is 8.56. The Kier molecular flexibility index (Phi) is 4.76. The van der Waals surface area contributed by atoms with Crippen molar-refractivity contribution in [1.82, 2.24) is 5.32 Å². The van der Waals surface area contributed by atoms with E-state index in [9.17, 15) is 4.79 Å². The van der Waals surface area contributed by atoms with Gasteiger partial charge in [-0.2, -0.15) is 0 Å². The maximum atomic E-state index is 12.3. The first-order chi connectivity index (χ1) is 11.1. The number of carbonyl (C=O) groups is 1. The van der Waals surface area contributed by atoms with Crippen LogP contribution >= 0.6 is 0 Å². The molecule has 5 nitrogen and oxygen atoms in total. The molecular weight excluding hydrogens is 292 g/mol. The van der Waals surface area contributed by atoms with E-state index in [1.165, 1.54) is 0 Å². The lowest BCUT2D eigenvalue weighted by Gasteiger charge is -2.32. The number of fused-ring (bicyclic) bond motifs is 1. The molecule has 1 aliphatic heterocycles. The molecule has 0 bridgehead atoms. The average Bonchev–Trinajstić information content (AvgIpc) is 3.02. The molecule has 1 amide bonds. The lowest BCUT2D eigenvalue weighted by Crippen LogP contribution is -2.44. The molecule has 1 saturated carbocycles. The highest BCUT2D eigenvalue weighted by molar-refractivity contribution is 5.77. The van der Waals surface area contributed by atoms with Crippen LogP contribution < -0.4 is 20.5 Å². The van der Waals surface area contributed by atoms with Crippen LogP contribution in [-0.2, 0) is 10.3 Å². The minimum atomic E-state index is -0.273. The number of nitrogens with one attached hydrogen (secondary N) is 1. The third-order valence-electron chi connectivity index (χ3n) is 4.76. The van der Waals surface area contributed by atoms with Crippen LogP contribution in [-0.4, -0.2) is 25.2 Å². The molecule has 3 N–H and O–H groups in total. The third kappa shape index (κ3) is 3.61. The molecule has 0 radical (unpaired) electrons. The highest BCUT2D eigenvalue weighted by Gasteiger charge is 2.37. The van der Waals surface area contributed by atoms with Crippen molar-refractivity contribution >= 4 is 5.91 Å². The smallest absolute Gasteiger partial charge is 0.220 e. The Balaban J connectivity index is 1.79. The van der Waals surface area contributed by atoms with Gasteiger partial charge in [0, 0.05) is 12.5 Å². The monoisotopic (exact) mass is 318 g/mol. The summed E-state index contributed by atoms with van der Waals surface area (Å²) in [6, 6.07) is 6.10. The predicted molar refractivity (Wildman–Crippen MR) is 88.6 cm³/mol. The fraction of sp³-hybridized carbons (Fsp3) is 0.611. The van der Waals surface area contributed by atoms with Gasteiger partial charge in [0.2, 0.25) is 5.91 Å². The maximum Gasteiger partial charge on any atom is 0.220 e. The molecule has 1 aromatic carbocycles. The summed E-state index contributed by atoms with van der Waals surface area (Å²) in [4.78, 5) is 12.3. The molecule has 126 valence electrons. The molecule has 5 heteroatoms. The molecule has 0 spiro atoms. The molecule has 2 aliphatic rings. The highest BCUT2D eigenvalue weighted by atomic mass is 16.6. The molecule has 1 fully saturated rings. The number of amides is 1. The molecule has 1 unspecified atom stereocenters. The largest absolute Gasteiger partial charge is 0.486 e. The minimum Gasteiger partial charge on any atom is -0.486 e. The van der Waals surface area contributed by atoms with Crippen LogP contribution in [0.1, 0.15) is 51.0 Å². The van der Waals surface area contributed by atoms with Gasteiger partial charge in [-0.1, -0.05) is 18.9 Å². The van der Waals surface area contributed by atoms with Crippen LogP contribution in [0.4, 0.5) is 0 Å². The summed E-state index contributed by atoms with van der Waals surface area (Å²) in [5.74, 6) is 1.65. The SMILES string of the molecule is CC(N)CCC(=O)NC1(c2ccc3c(c2)OCCO3)CCCC1. The minimum absolute atomic E-state index is 0.0505. The Labute approximate surface area is 137 Å². The van der Waals surface area contributed by atoms with Crippen molar-refractivity contribution in [3.8, 4) is 11.5 Å². The van der Waals surface area contributed by atoms with Gasteiger partial charge in [0.15, 0.2) is 11.5 Å². The fourth-order valence-electron chi connectivity index (χ4n) is 3.49. The van der Waals surface area contributed by atoms with Crippen molar-refractivity contribution in [2.24, 2.45) is 5.73 Å². The van der Waals surface area contributed by atoms with E-state index in [1.807, 2.05) is 19.1 Å². The second-order valence-corrected chi connectivity index (χ2v) is 6.71. The standard InChI is InChI=1S/C18H26N2O3/c1-13(19)4-7-17(21)20-18(8-2-3-9-18)14-5-6-15-16(12-14)23-11-10-22-15/h5-6,12-13H,2-4,7-11,19H2,1H3,(H,20,21). The summed E-state index contributed by atoms with van der Waals surface area (Å²) in [5.41, 5.74) is 6.60. The highest BCUT2D eigenvalue weighted by Crippen LogP contribution is 2.42. The van der Waals surface area contributed by atoms with Gasteiger partial charge in [0.25, 0.3) is 0 Å². The summed E-state index contributed by atoms with van der Waals surface area (Å²) in [7, 11) is 0. The van der Waals surface area contributed by atoms with E-state index >= 15 is 0 Å².